The summed E-state index contributed by atoms with van der Waals surface area (Å²) in [6, 6.07) is 0.476. The molecule has 2 rings (SSSR count). The molecule has 3 unspecified atom stereocenters. The van der Waals surface area contributed by atoms with E-state index in [1.807, 2.05) is 0 Å². The summed E-state index contributed by atoms with van der Waals surface area (Å²) >= 11 is 0. The maximum Gasteiger partial charge on any atom is 0.0543 e. The second kappa shape index (κ2) is 7.46. The van der Waals surface area contributed by atoms with Crippen LogP contribution in [0.2, 0.25) is 0 Å². The Hall–Kier alpha value is -0.120. The van der Waals surface area contributed by atoms with Crippen LogP contribution >= 0.6 is 0 Å². The zero-order chi connectivity index (χ0) is 12.8. The molecular weight excluding hydrogens is 224 g/mol. The minimum atomic E-state index is -0.0636. The van der Waals surface area contributed by atoms with E-state index in [1.165, 1.54) is 44.9 Å². The molecule has 2 saturated carbocycles. The molecule has 0 saturated heterocycles. The summed E-state index contributed by atoms with van der Waals surface area (Å²) in [5.74, 6) is 1.50. The molecule has 3 N–H and O–H groups in total. The van der Waals surface area contributed by atoms with E-state index in [0.29, 0.717) is 12.0 Å². The van der Waals surface area contributed by atoms with Gasteiger partial charge in [0.05, 0.1) is 6.10 Å². The molecule has 0 radical (unpaired) electrons. The van der Waals surface area contributed by atoms with Gasteiger partial charge in [0, 0.05) is 12.6 Å². The third-order valence-electron chi connectivity index (χ3n) is 4.84. The lowest BCUT2D eigenvalue weighted by Gasteiger charge is -2.32. The number of nitrogens with one attached hydrogen (secondary N) is 2. The molecule has 2 aliphatic carbocycles. The Labute approximate surface area is 112 Å². The summed E-state index contributed by atoms with van der Waals surface area (Å²) < 4.78 is 0. The predicted molar refractivity (Wildman–Crippen MR) is 75.1 cm³/mol. The van der Waals surface area contributed by atoms with Crippen LogP contribution in [0.4, 0.5) is 0 Å². The van der Waals surface area contributed by atoms with E-state index in [2.05, 4.69) is 17.8 Å². The van der Waals surface area contributed by atoms with E-state index < -0.39 is 0 Å². The molecule has 2 fully saturated rings. The van der Waals surface area contributed by atoms with Gasteiger partial charge in [-0.15, -0.1) is 0 Å². The van der Waals surface area contributed by atoms with Crippen LogP contribution < -0.4 is 10.9 Å². The van der Waals surface area contributed by atoms with Crippen molar-refractivity contribution in [2.75, 3.05) is 6.54 Å². The first-order chi connectivity index (χ1) is 8.75. The van der Waals surface area contributed by atoms with Crippen LogP contribution in [0.3, 0.4) is 0 Å². The fourth-order valence-corrected chi connectivity index (χ4v) is 3.53. The molecule has 106 valence electrons. The SMILES string of the molecule is CC(NNCC1CCCCC1)C1CCCC(O)C1. The molecule has 3 atom stereocenters. The highest BCUT2D eigenvalue weighted by Crippen LogP contribution is 2.26. The van der Waals surface area contributed by atoms with Crippen LogP contribution in [-0.4, -0.2) is 23.8 Å². The molecule has 2 aliphatic rings. The van der Waals surface area contributed by atoms with Crippen LogP contribution in [0.15, 0.2) is 0 Å². The lowest BCUT2D eigenvalue weighted by molar-refractivity contribution is 0.0865. The molecule has 0 aromatic rings. The van der Waals surface area contributed by atoms with Gasteiger partial charge in [0.15, 0.2) is 0 Å². The minimum absolute atomic E-state index is 0.0636. The number of rotatable bonds is 5. The quantitative estimate of drug-likeness (QED) is 0.661. The summed E-state index contributed by atoms with van der Waals surface area (Å²) in [5.41, 5.74) is 6.89. The van der Waals surface area contributed by atoms with Crippen LogP contribution in [0.25, 0.3) is 0 Å². The maximum absolute atomic E-state index is 9.71. The van der Waals surface area contributed by atoms with Gasteiger partial charge in [0.2, 0.25) is 0 Å². The van der Waals surface area contributed by atoms with Crippen molar-refractivity contribution in [3.63, 3.8) is 0 Å². The minimum Gasteiger partial charge on any atom is -0.393 e. The summed E-state index contributed by atoms with van der Waals surface area (Å²) in [6.07, 6.45) is 11.4. The molecule has 18 heavy (non-hydrogen) atoms. The molecule has 0 amide bonds. The highest BCUT2D eigenvalue weighted by atomic mass is 16.3. The molecule has 0 spiro atoms. The monoisotopic (exact) mass is 254 g/mol. The van der Waals surface area contributed by atoms with Crippen LogP contribution in [-0.2, 0) is 0 Å². The third-order valence-corrected chi connectivity index (χ3v) is 4.84. The van der Waals surface area contributed by atoms with Crippen LogP contribution in [0.5, 0.6) is 0 Å². The Morgan fingerprint density at radius 3 is 2.56 bits per heavy atom. The van der Waals surface area contributed by atoms with E-state index in [0.717, 1.165) is 25.3 Å². The standard InChI is InChI=1S/C15H30N2O/c1-12(14-8-5-9-15(18)10-14)17-16-11-13-6-3-2-4-7-13/h12-18H,2-11H2,1H3. The molecule has 3 nitrogen and oxygen atoms in total. The Balaban J connectivity index is 1.60. The summed E-state index contributed by atoms with van der Waals surface area (Å²) in [5, 5.41) is 9.71. The Morgan fingerprint density at radius 2 is 1.83 bits per heavy atom. The number of hydrazine groups is 1. The lowest BCUT2D eigenvalue weighted by Crippen LogP contribution is -2.46. The highest BCUT2D eigenvalue weighted by molar-refractivity contribution is 4.79. The van der Waals surface area contributed by atoms with Gasteiger partial charge in [-0.2, -0.15) is 0 Å². The fraction of sp³-hybridized carbons (Fsp3) is 1.00. The second-order valence-electron chi connectivity index (χ2n) is 6.40. The molecule has 0 aromatic carbocycles. The molecule has 0 heterocycles. The zero-order valence-electron chi connectivity index (χ0n) is 11.8. The second-order valence-corrected chi connectivity index (χ2v) is 6.40. The first kappa shape index (κ1) is 14.3. The summed E-state index contributed by atoms with van der Waals surface area (Å²) in [7, 11) is 0. The maximum atomic E-state index is 9.71. The van der Waals surface area contributed by atoms with Crippen molar-refractivity contribution >= 4 is 0 Å². The first-order valence-corrected chi connectivity index (χ1v) is 7.92. The van der Waals surface area contributed by atoms with Crippen molar-refractivity contribution in [3.05, 3.63) is 0 Å². The van der Waals surface area contributed by atoms with Crippen molar-refractivity contribution in [1.82, 2.24) is 10.9 Å². The Morgan fingerprint density at radius 1 is 1.06 bits per heavy atom. The van der Waals surface area contributed by atoms with Gasteiger partial charge in [-0.05, 0) is 50.9 Å². The van der Waals surface area contributed by atoms with Gasteiger partial charge in [0.25, 0.3) is 0 Å². The van der Waals surface area contributed by atoms with Gasteiger partial charge < -0.3 is 5.11 Å². The van der Waals surface area contributed by atoms with Crippen molar-refractivity contribution in [2.45, 2.75) is 76.9 Å². The first-order valence-electron chi connectivity index (χ1n) is 7.92. The number of hydrogen-bond donors (Lipinski definition) is 3. The third kappa shape index (κ3) is 4.52. The van der Waals surface area contributed by atoms with Crippen molar-refractivity contribution in [1.29, 1.82) is 0 Å². The number of aliphatic hydroxyl groups is 1. The fourth-order valence-electron chi connectivity index (χ4n) is 3.53. The Bertz CT molecular complexity index is 229. The van der Waals surface area contributed by atoms with Gasteiger partial charge in [-0.3, -0.25) is 10.9 Å². The molecule has 3 heteroatoms. The van der Waals surface area contributed by atoms with E-state index in [-0.39, 0.29) is 6.10 Å². The van der Waals surface area contributed by atoms with Crippen LogP contribution in [0, 0.1) is 11.8 Å². The van der Waals surface area contributed by atoms with E-state index in [9.17, 15) is 5.11 Å². The molecular formula is C15H30N2O. The Kier molecular flexibility index (Phi) is 5.93. The normalized spacial score (nSPS) is 32.3. The van der Waals surface area contributed by atoms with Gasteiger partial charge in [-0.1, -0.05) is 25.7 Å². The molecule has 0 aromatic heterocycles. The summed E-state index contributed by atoms with van der Waals surface area (Å²) in [4.78, 5) is 0. The smallest absolute Gasteiger partial charge is 0.0543 e. The van der Waals surface area contributed by atoms with Crippen LogP contribution in [0.1, 0.15) is 64.7 Å². The average Bonchev–Trinajstić information content (AvgIpc) is 2.40. The predicted octanol–water partition coefficient (Wildman–Crippen LogP) is 2.60. The largest absolute Gasteiger partial charge is 0.393 e. The lowest BCUT2D eigenvalue weighted by atomic mass is 9.83. The van der Waals surface area contributed by atoms with Gasteiger partial charge in [-0.25, -0.2) is 0 Å². The van der Waals surface area contributed by atoms with E-state index in [4.69, 9.17) is 0 Å². The van der Waals surface area contributed by atoms with Gasteiger partial charge in [0.1, 0.15) is 0 Å². The highest BCUT2D eigenvalue weighted by Gasteiger charge is 2.24. The van der Waals surface area contributed by atoms with Crippen molar-refractivity contribution in [2.24, 2.45) is 11.8 Å². The molecule has 0 aliphatic heterocycles. The summed E-state index contributed by atoms with van der Waals surface area (Å²) in [6.45, 7) is 3.36. The number of hydrogen-bond acceptors (Lipinski definition) is 3. The average molecular weight is 254 g/mol. The molecule has 0 bridgehead atoms. The van der Waals surface area contributed by atoms with Crippen molar-refractivity contribution < 1.29 is 5.11 Å². The zero-order valence-corrected chi connectivity index (χ0v) is 11.8. The van der Waals surface area contributed by atoms with E-state index >= 15 is 0 Å². The van der Waals surface area contributed by atoms with Crippen molar-refractivity contribution in [3.8, 4) is 0 Å². The number of aliphatic hydroxyl groups excluding tert-OH is 1. The van der Waals surface area contributed by atoms with E-state index in [1.54, 1.807) is 0 Å². The topological polar surface area (TPSA) is 44.3 Å². The van der Waals surface area contributed by atoms with Gasteiger partial charge >= 0.3 is 0 Å².